The van der Waals surface area contributed by atoms with E-state index in [9.17, 15) is 14.7 Å². The van der Waals surface area contributed by atoms with E-state index in [0.717, 1.165) is 0 Å². The Morgan fingerprint density at radius 1 is 1.20 bits per heavy atom. The van der Waals surface area contributed by atoms with Gasteiger partial charge < -0.3 is 20.5 Å². The molecular formula is C18H22N2O4S. The van der Waals surface area contributed by atoms with E-state index < -0.39 is 6.10 Å². The molecule has 2 aromatic rings. The second-order valence-electron chi connectivity index (χ2n) is 5.46. The molecule has 0 fully saturated rings. The van der Waals surface area contributed by atoms with E-state index in [1.807, 2.05) is 5.38 Å². The van der Waals surface area contributed by atoms with Crippen LogP contribution in [0.25, 0.3) is 0 Å². The molecule has 1 aromatic carbocycles. The molecule has 6 nitrogen and oxygen atoms in total. The molecule has 1 atom stereocenters. The van der Waals surface area contributed by atoms with Gasteiger partial charge in [0.05, 0.1) is 13.2 Å². The van der Waals surface area contributed by atoms with Gasteiger partial charge in [-0.1, -0.05) is 12.1 Å². The minimum Gasteiger partial charge on any atom is -0.497 e. The minimum absolute atomic E-state index is 0.128. The van der Waals surface area contributed by atoms with Crippen LogP contribution in [0.15, 0.2) is 41.1 Å². The highest BCUT2D eigenvalue weighted by atomic mass is 32.1. The van der Waals surface area contributed by atoms with Gasteiger partial charge in [0.1, 0.15) is 5.75 Å². The van der Waals surface area contributed by atoms with Gasteiger partial charge in [-0.25, -0.2) is 0 Å². The molecule has 0 saturated carbocycles. The van der Waals surface area contributed by atoms with Crippen molar-refractivity contribution in [1.82, 2.24) is 10.6 Å². The third-order valence-electron chi connectivity index (χ3n) is 3.64. The number of hydrogen-bond donors (Lipinski definition) is 3. The van der Waals surface area contributed by atoms with Crippen LogP contribution in [-0.4, -0.2) is 37.1 Å². The predicted molar refractivity (Wildman–Crippen MR) is 96.8 cm³/mol. The number of benzene rings is 1. The zero-order valence-corrected chi connectivity index (χ0v) is 14.8. The Labute approximate surface area is 150 Å². The van der Waals surface area contributed by atoms with Gasteiger partial charge in [0, 0.05) is 30.5 Å². The van der Waals surface area contributed by atoms with Gasteiger partial charge in [-0.3, -0.25) is 9.59 Å². The topological polar surface area (TPSA) is 87.7 Å². The van der Waals surface area contributed by atoms with E-state index in [1.54, 1.807) is 42.8 Å². The number of ether oxygens (including phenoxy) is 1. The number of methoxy groups -OCH3 is 1. The normalized spacial score (nSPS) is 11.6. The number of rotatable bonds is 9. The van der Waals surface area contributed by atoms with Crippen molar-refractivity contribution in [2.75, 3.05) is 20.2 Å². The van der Waals surface area contributed by atoms with Crippen LogP contribution in [0.1, 0.15) is 34.9 Å². The largest absolute Gasteiger partial charge is 0.497 e. The number of nitrogens with one attached hydrogen (secondary N) is 2. The second-order valence-corrected chi connectivity index (χ2v) is 6.24. The monoisotopic (exact) mass is 362 g/mol. The summed E-state index contributed by atoms with van der Waals surface area (Å²) >= 11 is 1.47. The average molecular weight is 362 g/mol. The summed E-state index contributed by atoms with van der Waals surface area (Å²) < 4.78 is 5.06. The summed E-state index contributed by atoms with van der Waals surface area (Å²) in [5.41, 5.74) is 1.35. The first-order chi connectivity index (χ1) is 12.1. The number of carbonyl (C=O) groups excluding carboxylic acids is 2. The van der Waals surface area contributed by atoms with Gasteiger partial charge in [0.25, 0.3) is 5.91 Å². The molecule has 1 aromatic heterocycles. The number of hydrogen-bond acceptors (Lipinski definition) is 5. The first kappa shape index (κ1) is 19.0. The molecule has 2 amide bonds. The molecule has 0 aliphatic rings. The van der Waals surface area contributed by atoms with E-state index >= 15 is 0 Å². The number of amides is 2. The molecule has 2 rings (SSSR count). The van der Waals surface area contributed by atoms with Crippen molar-refractivity contribution in [1.29, 1.82) is 0 Å². The van der Waals surface area contributed by atoms with Crippen LogP contribution < -0.4 is 15.4 Å². The van der Waals surface area contributed by atoms with Crippen LogP contribution in [-0.2, 0) is 4.79 Å². The lowest BCUT2D eigenvalue weighted by Crippen LogP contribution is -2.30. The molecule has 0 aliphatic carbocycles. The van der Waals surface area contributed by atoms with Gasteiger partial charge in [0.2, 0.25) is 5.91 Å². The fourth-order valence-electron chi connectivity index (χ4n) is 2.19. The fraction of sp³-hybridized carbons (Fsp3) is 0.333. The van der Waals surface area contributed by atoms with Crippen molar-refractivity contribution in [3.8, 4) is 5.75 Å². The maximum absolute atomic E-state index is 11.8. The van der Waals surface area contributed by atoms with Crippen LogP contribution in [0.2, 0.25) is 0 Å². The summed E-state index contributed by atoms with van der Waals surface area (Å²) in [6.45, 7) is 0.579. The Bertz CT molecular complexity index is 671. The Morgan fingerprint density at radius 3 is 2.60 bits per heavy atom. The highest BCUT2D eigenvalue weighted by Crippen LogP contribution is 2.16. The zero-order valence-electron chi connectivity index (χ0n) is 14.0. The van der Waals surface area contributed by atoms with E-state index in [1.165, 1.54) is 11.3 Å². The van der Waals surface area contributed by atoms with Crippen molar-refractivity contribution >= 4 is 23.2 Å². The molecule has 0 bridgehead atoms. The van der Waals surface area contributed by atoms with Crippen molar-refractivity contribution in [2.24, 2.45) is 0 Å². The zero-order chi connectivity index (χ0) is 18.1. The first-order valence-electron chi connectivity index (χ1n) is 7.99. The van der Waals surface area contributed by atoms with Gasteiger partial charge in [-0.05, 0) is 35.6 Å². The van der Waals surface area contributed by atoms with E-state index in [0.29, 0.717) is 36.3 Å². The van der Waals surface area contributed by atoms with Crippen molar-refractivity contribution < 1.29 is 19.4 Å². The van der Waals surface area contributed by atoms with Crippen molar-refractivity contribution in [3.05, 3.63) is 52.2 Å². The Kier molecular flexibility index (Phi) is 7.43. The van der Waals surface area contributed by atoms with Crippen LogP contribution in [0.3, 0.4) is 0 Å². The third-order valence-corrected chi connectivity index (χ3v) is 4.33. The standard InChI is InChI=1S/C18H22N2O4S/c1-24-15-6-4-13(5-7-15)16(21)11-20-17(22)3-2-9-19-18(23)14-8-10-25-12-14/h4-8,10,12,16,21H,2-3,9,11H2,1H3,(H,19,23)(H,20,22). The molecule has 3 N–H and O–H groups in total. The van der Waals surface area contributed by atoms with E-state index in [4.69, 9.17) is 4.74 Å². The fourth-order valence-corrected chi connectivity index (χ4v) is 2.83. The molecule has 7 heteroatoms. The van der Waals surface area contributed by atoms with E-state index in [-0.39, 0.29) is 18.4 Å². The van der Waals surface area contributed by atoms with Crippen molar-refractivity contribution in [3.63, 3.8) is 0 Å². The number of thiophene rings is 1. The molecule has 1 heterocycles. The second kappa shape index (κ2) is 9.80. The summed E-state index contributed by atoms with van der Waals surface area (Å²) in [6, 6.07) is 8.80. The van der Waals surface area contributed by atoms with Gasteiger partial charge in [-0.2, -0.15) is 11.3 Å². The van der Waals surface area contributed by atoms with Crippen LogP contribution in [0.5, 0.6) is 5.75 Å². The van der Waals surface area contributed by atoms with Crippen LogP contribution in [0, 0.1) is 0 Å². The highest BCUT2D eigenvalue weighted by Gasteiger charge is 2.10. The number of aliphatic hydroxyl groups is 1. The predicted octanol–water partition coefficient (Wildman–Crippen LogP) is 2.12. The number of aliphatic hydroxyl groups excluding tert-OH is 1. The van der Waals surface area contributed by atoms with Crippen molar-refractivity contribution in [2.45, 2.75) is 18.9 Å². The Balaban J connectivity index is 1.62. The quantitative estimate of drug-likeness (QED) is 0.596. The molecule has 0 radical (unpaired) electrons. The van der Waals surface area contributed by atoms with Crippen LogP contribution in [0.4, 0.5) is 0 Å². The molecule has 1 unspecified atom stereocenters. The van der Waals surface area contributed by atoms with Gasteiger partial charge >= 0.3 is 0 Å². The number of carbonyl (C=O) groups is 2. The third kappa shape index (κ3) is 6.21. The Hall–Kier alpha value is -2.38. The lowest BCUT2D eigenvalue weighted by atomic mass is 10.1. The molecule has 0 aliphatic heterocycles. The van der Waals surface area contributed by atoms with E-state index in [2.05, 4.69) is 10.6 Å². The first-order valence-corrected chi connectivity index (χ1v) is 8.93. The Morgan fingerprint density at radius 2 is 1.96 bits per heavy atom. The lowest BCUT2D eigenvalue weighted by Gasteiger charge is -2.13. The molecule has 25 heavy (non-hydrogen) atoms. The molecule has 0 saturated heterocycles. The summed E-state index contributed by atoms with van der Waals surface area (Å²) in [5, 5.41) is 19.2. The summed E-state index contributed by atoms with van der Waals surface area (Å²) in [7, 11) is 1.58. The highest BCUT2D eigenvalue weighted by molar-refractivity contribution is 7.08. The molecule has 0 spiro atoms. The van der Waals surface area contributed by atoms with Crippen LogP contribution >= 0.6 is 11.3 Å². The smallest absolute Gasteiger partial charge is 0.252 e. The maximum atomic E-state index is 11.8. The lowest BCUT2D eigenvalue weighted by molar-refractivity contribution is -0.121. The van der Waals surface area contributed by atoms with Gasteiger partial charge in [0.15, 0.2) is 0 Å². The molecule has 134 valence electrons. The summed E-state index contributed by atoms with van der Waals surface area (Å²) in [5.74, 6) is 0.429. The van der Waals surface area contributed by atoms with Gasteiger partial charge in [-0.15, -0.1) is 0 Å². The maximum Gasteiger partial charge on any atom is 0.252 e. The SMILES string of the molecule is COc1ccc(C(O)CNC(=O)CCCNC(=O)c2ccsc2)cc1. The molecular weight excluding hydrogens is 340 g/mol. The minimum atomic E-state index is -0.770. The summed E-state index contributed by atoms with van der Waals surface area (Å²) in [6.07, 6.45) is 0.0627. The average Bonchev–Trinajstić information content (AvgIpc) is 3.18. The summed E-state index contributed by atoms with van der Waals surface area (Å²) in [4.78, 5) is 23.5.